The van der Waals surface area contributed by atoms with Crippen molar-refractivity contribution in [2.45, 2.75) is 26.2 Å². The van der Waals surface area contributed by atoms with Crippen LogP contribution in [0.15, 0.2) is 24.3 Å². The first-order chi connectivity index (χ1) is 6.24. The Bertz CT molecular complexity index is 272. The average Bonchev–Trinajstić information content (AvgIpc) is 2.15. The van der Waals surface area contributed by atoms with Gasteiger partial charge in [-0.2, -0.15) is 0 Å². The Hall–Kier alpha value is -1.11. The van der Waals surface area contributed by atoms with Gasteiger partial charge in [-0.3, -0.25) is 4.79 Å². The fourth-order valence-electron chi connectivity index (χ4n) is 1.24. The van der Waals surface area contributed by atoms with Crippen LogP contribution in [0.3, 0.4) is 0 Å². The van der Waals surface area contributed by atoms with Gasteiger partial charge >= 0.3 is 0 Å². The number of aryl methyl sites for hydroxylation is 1. The predicted molar refractivity (Wildman–Crippen MR) is 54.7 cm³/mol. The summed E-state index contributed by atoms with van der Waals surface area (Å²) in [6, 6.07) is 7.71. The normalized spacial score (nSPS) is 10.0. The van der Waals surface area contributed by atoms with Crippen LogP contribution in [-0.4, -0.2) is 5.78 Å². The fraction of sp³-hybridized carbons (Fsp3) is 0.333. The summed E-state index contributed by atoms with van der Waals surface area (Å²) in [5.74, 6) is -0.109. The molecule has 0 aliphatic carbocycles. The number of hydrogen-bond acceptors (Lipinski definition) is 1. The van der Waals surface area contributed by atoms with E-state index in [1.807, 2.05) is 24.3 Å². The van der Waals surface area contributed by atoms with E-state index in [4.69, 9.17) is 0 Å². The van der Waals surface area contributed by atoms with Crippen molar-refractivity contribution in [3.8, 4) is 0 Å². The van der Waals surface area contributed by atoms with Crippen molar-refractivity contribution < 1.29 is 4.79 Å². The number of unbranched alkanes of at least 4 members (excludes halogenated alkanes) is 1. The number of Topliss-reactive ketones (excluding diaryl/α,β-unsaturated/α-hetero) is 1. The van der Waals surface area contributed by atoms with Gasteiger partial charge in [0.15, 0.2) is 5.78 Å². The van der Waals surface area contributed by atoms with Gasteiger partial charge in [0, 0.05) is 12.5 Å². The van der Waals surface area contributed by atoms with E-state index >= 15 is 0 Å². The van der Waals surface area contributed by atoms with Gasteiger partial charge in [0.2, 0.25) is 0 Å². The van der Waals surface area contributed by atoms with Crippen molar-refractivity contribution in [3.63, 3.8) is 0 Å². The summed E-state index contributed by atoms with van der Waals surface area (Å²) in [5, 5.41) is 0. The van der Waals surface area contributed by atoms with Crippen LogP contribution in [0.5, 0.6) is 0 Å². The van der Waals surface area contributed by atoms with Crippen molar-refractivity contribution in [1.82, 2.24) is 0 Å². The van der Waals surface area contributed by atoms with E-state index < -0.39 is 0 Å². The number of carbonyl (C=O) groups excluding carboxylic acids is 1. The van der Waals surface area contributed by atoms with Crippen molar-refractivity contribution in [3.05, 3.63) is 42.3 Å². The highest BCUT2D eigenvalue weighted by Gasteiger charge is 1.98. The maximum absolute atomic E-state index is 10.9. The molecular weight excluding hydrogens is 160 g/mol. The second-order valence-electron chi connectivity index (χ2n) is 3.22. The number of hydrogen-bond donors (Lipinski definition) is 0. The first-order valence-corrected chi connectivity index (χ1v) is 4.69. The third kappa shape index (κ3) is 3.02. The fourth-order valence-corrected chi connectivity index (χ4v) is 1.24. The highest BCUT2D eigenvalue weighted by molar-refractivity contribution is 5.99. The van der Waals surface area contributed by atoms with E-state index in [0.717, 1.165) is 6.42 Å². The molecular formula is C12H15O. The molecule has 0 saturated carbocycles. The van der Waals surface area contributed by atoms with Crippen LogP contribution in [0.2, 0.25) is 0 Å². The monoisotopic (exact) mass is 175 g/mol. The maximum atomic E-state index is 10.9. The molecule has 0 aliphatic heterocycles. The standard InChI is InChI=1S/C12H15O/c1-3-4-5-11-6-8-12(9-7-11)10(2)13/h6-9H,2-5H2,1H3. The first kappa shape index (κ1) is 9.97. The topological polar surface area (TPSA) is 17.1 Å². The summed E-state index contributed by atoms with van der Waals surface area (Å²) in [5.41, 5.74) is 1.99. The lowest BCUT2D eigenvalue weighted by Crippen LogP contribution is -1.92. The van der Waals surface area contributed by atoms with E-state index in [2.05, 4.69) is 13.8 Å². The van der Waals surface area contributed by atoms with Crippen LogP contribution in [0.25, 0.3) is 0 Å². The van der Waals surface area contributed by atoms with Gasteiger partial charge in [-0.1, -0.05) is 37.6 Å². The Kier molecular flexibility index (Phi) is 3.69. The molecule has 1 rings (SSSR count). The van der Waals surface area contributed by atoms with Gasteiger partial charge in [-0.05, 0) is 18.4 Å². The minimum atomic E-state index is -0.109. The highest BCUT2D eigenvalue weighted by Crippen LogP contribution is 2.07. The lowest BCUT2D eigenvalue weighted by Gasteiger charge is -2.00. The van der Waals surface area contributed by atoms with Crippen LogP contribution in [0.4, 0.5) is 0 Å². The molecule has 1 aromatic rings. The molecule has 0 N–H and O–H groups in total. The zero-order valence-corrected chi connectivity index (χ0v) is 8.05. The van der Waals surface area contributed by atoms with E-state index in [0.29, 0.717) is 5.56 Å². The van der Waals surface area contributed by atoms with Gasteiger partial charge < -0.3 is 0 Å². The predicted octanol–water partition coefficient (Wildman–Crippen LogP) is 3.05. The summed E-state index contributed by atoms with van der Waals surface area (Å²) in [6.07, 6.45) is 3.51. The maximum Gasteiger partial charge on any atom is 0.163 e. The SMILES string of the molecule is [CH2]C(=O)c1ccc(CCCC)cc1. The minimum Gasteiger partial charge on any atom is -0.294 e. The van der Waals surface area contributed by atoms with E-state index in [1.165, 1.54) is 18.4 Å². The van der Waals surface area contributed by atoms with Crippen LogP contribution in [0, 0.1) is 6.92 Å². The van der Waals surface area contributed by atoms with Gasteiger partial charge in [-0.25, -0.2) is 0 Å². The van der Waals surface area contributed by atoms with Gasteiger partial charge in [0.05, 0.1) is 0 Å². The van der Waals surface area contributed by atoms with Crippen molar-refractivity contribution in [2.75, 3.05) is 0 Å². The summed E-state index contributed by atoms with van der Waals surface area (Å²) >= 11 is 0. The van der Waals surface area contributed by atoms with Crippen LogP contribution < -0.4 is 0 Å². The molecule has 0 bridgehead atoms. The Morgan fingerprint density at radius 2 is 1.92 bits per heavy atom. The average molecular weight is 175 g/mol. The van der Waals surface area contributed by atoms with Crippen molar-refractivity contribution in [1.29, 1.82) is 0 Å². The van der Waals surface area contributed by atoms with E-state index in [9.17, 15) is 4.79 Å². The Morgan fingerprint density at radius 3 is 2.38 bits per heavy atom. The Balaban J connectivity index is 2.64. The molecule has 0 amide bonds. The molecule has 0 unspecified atom stereocenters. The first-order valence-electron chi connectivity index (χ1n) is 4.69. The van der Waals surface area contributed by atoms with Crippen LogP contribution in [0.1, 0.15) is 35.7 Å². The van der Waals surface area contributed by atoms with Gasteiger partial charge in [0.1, 0.15) is 0 Å². The number of benzene rings is 1. The minimum absolute atomic E-state index is 0.109. The molecule has 13 heavy (non-hydrogen) atoms. The summed E-state index contributed by atoms with van der Waals surface area (Å²) in [7, 11) is 0. The zero-order chi connectivity index (χ0) is 9.68. The smallest absolute Gasteiger partial charge is 0.163 e. The summed E-state index contributed by atoms with van der Waals surface area (Å²) < 4.78 is 0. The molecule has 1 radical (unpaired) electrons. The molecule has 1 heteroatoms. The molecule has 0 atom stereocenters. The number of ketones is 1. The third-order valence-electron chi connectivity index (χ3n) is 2.09. The van der Waals surface area contributed by atoms with Crippen LogP contribution in [-0.2, 0) is 6.42 Å². The second kappa shape index (κ2) is 4.80. The van der Waals surface area contributed by atoms with Crippen LogP contribution >= 0.6 is 0 Å². The third-order valence-corrected chi connectivity index (χ3v) is 2.09. The molecule has 0 saturated heterocycles. The lowest BCUT2D eigenvalue weighted by molar-refractivity contribution is 0.104. The van der Waals surface area contributed by atoms with Crippen molar-refractivity contribution >= 4 is 5.78 Å². The molecule has 0 aliphatic rings. The molecule has 0 aromatic heterocycles. The molecule has 0 fully saturated rings. The van der Waals surface area contributed by atoms with E-state index in [1.54, 1.807) is 0 Å². The van der Waals surface area contributed by atoms with Crippen molar-refractivity contribution in [2.24, 2.45) is 0 Å². The molecule has 0 spiro atoms. The molecule has 1 aromatic carbocycles. The second-order valence-corrected chi connectivity index (χ2v) is 3.22. The Morgan fingerprint density at radius 1 is 1.31 bits per heavy atom. The number of carbonyl (C=O) groups is 1. The summed E-state index contributed by atoms with van der Waals surface area (Å²) in [4.78, 5) is 10.9. The van der Waals surface area contributed by atoms with E-state index in [-0.39, 0.29) is 5.78 Å². The molecule has 69 valence electrons. The number of rotatable bonds is 4. The lowest BCUT2D eigenvalue weighted by atomic mass is 10.1. The molecule has 1 nitrogen and oxygen atoms in total. The van der Waals surface area contributed by atoms with Gasteiger partial charge in [-0.15, -0.1) is 0 Å². The highest BCUT2D eigenvalue weighted by atomic mass is 16.1. The largest absolute Gasteiger partial charge is 0.294 e. The Labute approximate surface area is 79.8 Å². The quantitative estimate of drug-likeness (QED) is 0.643. The van der Waals surface area contributed by atoms with Gasteiger partial charge in [0.25, 0.3) is 0 Å². The summed E-state index contributed by atoms with van der Waals surface area (Å²) in [6.45, 7) is 5.54. The zero-order valence-electron chi connectivity index (χ0n) is 8.05. The molecule has 0 heterocycles.